The van der Waals surface area contributed by atoms with Crippen LogP contribution >= 0.6 is 0 Å². The number of rotatable bonds is 2. The summed E-state index contributed by atoms with van der Waals surface area (Å²) in [6, 6.07) is 13.3. The van der Waals surface area contributed by atoms with Crippen molar-refractivity contribution in [2.75, 3.05) is 23.3 Å². The summed E-state index contributed by atoms with van der Waals surface area (Å²) in [5.41, 5.74) is -3.80. The number of halogens is 3. The van der Waals surface area contributed by atoms with E-state index >= 15 is 0 Å². The maximum atomic E-state index is 13.7. The van der Waals surface area contributed by atoms with Crippen LogP contribution in [0.1, 0.15) is 25.0 Å². The Kier molecular flexibility index (Phi) is 5.69. The fraction of sp³-hybridized carbons (Fsp3) is 0.346. The fourth-order valence-electron chi connectivity index (χ4n) is 5.92. The second-order valence-corrected chi connectivity index (χ2v) is 9.92. The molecule has 4 atom stereocenters. The Bertz CT molecular complexity index is 1410. The van der Waals surface area contributed by atoms with Crippen molar-refractivity contribution in [2.45, 2.75) is 31.2 Å². The minimum atomic E-state index is -4.84. The van der Waals surface area contributed by atoms with Crippen LogP contribution < -0.4 is 10.2 Å². The average Bonchev–Trinajstić information content (AvgIpc) is 3.23. The highest BCUT2D eigenvalue weighted by Crippen LogP contribution is 2.55. The quantitative estimate of drug-likeness (QED) is 0.277. The molecule has 0 spiro atoms. The molecule has 0 radical (unpaired) electrons. The van der Waals surface area contributed by atoms with Gasteiger partial charge in [0.15, 0.2) is 0 Å². The number of anilines is 2. The lowest BCUT2D eigenvalue weighted by atomic mass is 9.79. The van der Waals surface area contributed by atoms with E-state index in [0.29, 0.717) is 11.8 Å². The number of amides is 2. The lowest BCUT2D eigenvalue weighted by Crippen LogP contribution is -2.60. The molecule has 3 fully saturated rings. The summed E-state index contributed by atoms with van der Waals surface area (Å²) >= 11 is 0. The number of nitriles is 2. The number of benzene rings is 2. The van der Waals surface area contributed by atoms with E-state index in [9.17, 15) is 28.0 Å². The Morgan fingerprint density at radius 2 is 1.66 bits per heavy atom. The van der Waals surface area contributed by atoms with Crippen molar-refractivity contribution in [3.63, 3.8) is 0 Å². The number of nitrogens with zero attached hydrogens (tertiary/aromatic N) is 5. The van der Waals surface area contributed by atoms with Gasteiger partial charge in [0, 0.05) is 5.69 Å². The number of carbonyl (C=O) groups excluding carboxylic acids is 2. The second kappa shape index (κ2) is 8.57. The van der Waals surface area contributed by atoms with Crippen LogP contribution in [0.25, 0.3) is 0 Å². The summed E-state index contributed by atoms with van der Waals surface area (Å²) < 4.78 is 47.0. The molecule has 2 aromatic carbocycles. The van der Waals surface area contributed by atoms with Gasteiger partial charge in [-0.2, -0.15) is 23.7 Å². The van der Waals surface area contributed by atoms with Crippen molar-refractivity contribution >= 4 is 29.1 Å². The maximum absolute atomic E-state index is 13.7. The Morgan fingerprint density at radius 3 is 2.18 bits per heavy atom. The number of ether oxygens (including phenoxy) is 1. The molecule has 9 nitrogen and oxygen atoms in total. The summed E-state index contributed by atoms with van der Waals surface area (Å²) in [6.45, 7) is 3.53. The molecule has 194 valence electrons. The normalized spacial score (nSPS) is 28.7. The van der Waals surface area contributed by atoms with Crippen LogP contribution in [0.4, 0.5) is 24.5 Å². The minimum Gasteiger partial charge on any atom is -0.364 e. The number of imide groups is 1. The molecule has 3 aliphatic rings. The van der Waals surface area contributed by atoms with E-state index in [-0.39, 0.29) is 24.7 Å². The van der Waals surface area contributed by atoms with E-state index in [0.717, 1.165) is 11.0 Å². The third kappa shape index (κ3) is 3.85. The molecule has 2 aromatic rings. The van der Waals surface area contributed by atoms with Crippen molar-refractivity contribution in [1.82, 2.24) is 4.90 Å². The SMILES string of the molecule is C[C@]12CN(/C(=N/C#N)Nc3ccccc3)C[C@](C)(O1)[C@H]1C(=O)N(c3ccc(C#N)c(C(F)(F)F)c3)C(=O)[C@H]12. The topological polar surface area (TPSA) is 122 Å². The molecule has 0 aromatic heterocycles. The molecular weight excluding hydrogens is 501 g/mol. The number of alkyl halides is 3. The van der Waals surface area contributed by atoms with Crippen molar-refractivity contribution in [2.24, 2.45) is 16.8 Å². The maximum Gasteiger partial charge on any atom is 0.417 e. The first kappa shape index (κ1) is 25.2. The van der Waals surface area contributed by atoms with Crippen LogP contribution in [0.15, 0.2) is 53.5 Å². The molecule has 3 aliphatic heterocycles. The van der Waals surface area contributed by atoms with Gasteiger partial charge in [-0.25, -0.2) is 4.90 Å². The molecule has 1 N–H and O–H groups in total. The molecule has 2 amide bonds. The number of morpholine rings is 1. The Morgan fingerprint density at radius 1 is 1.05 bits per heavy atom. The number of hydrogen-bond donors (Lipinski definition) is 1. The number of aliphatic imine (C=N–C) groups is 1. The number of hydrogen-bond acceptors (Lipinski definition) is 6. The molecule has 2 bridgehead atoms. The summed E-state index contributed by atoms with van der Waals surface area (Å²) in [4.78, 5) is 33.7. The van der Waals surface area contributed by atoms with Crippen LogP contribution in [0, 0.1) is 34.6 Å². The lowest BCUT2D eigenvalue weighted by Gasteiger charge is -2.45. The van der Waals surface area contributed by atoms with Crippen LogP contribution in [-0.2, 0) is 20.5 Å². The Balaban J connectivity index is 1.49. The first-order valence-corrected chi connectivity index (χ1v) is 11.6. The highest BCUT2D eigenvalue weighted by molar-refractivity contribution is 6.23. The van der Waals surface area contributed by atoms with E-state index in [1.807, 2.05) is 18.2 Å². The van der Waals surface area contributed by atoms with Crippen molar-refractivity contribution < 1.29 is 27.5 Å². The Hall–Kier alpha value is -4.42. The van der Waals surface area contributed by atoms with Crippen molar-refractivity contribution in [1.29, 1.82) is 10.5 Å². The number of likely N-dealkylation sites (tertiary alicyclic amines) is 1. The summed E-state index contributed by atoms with van der Waals surface area (Å²) in [5, 5.41) is 21.5. The molecule has 12 heteroatoms. The molecule has 38 heavy (non-hydrogen) atoms. The van der Waals surface area contributed by atoms with Gasteiger partial charge >= 0.3 is 6.18 Å². The number of guanidine groups is 1. The number of fused-ring (bicyclic) bond motifs is 5. The fourth-order valence-corrected chi connectivity index (χ4v) is 5.92. The zero-order valence-electron chi connectivity index (χ0n) is 20.3. The van der Waals surface area contributed by atoms with E-state index in [2.05, 4.69) is 10.3 Å². The summed E-state index contributed by atoms with van der Waals surface area (Å²) in [5.74, 6) is -3.09. The lowest BCUT2D eigenvalue weighted by molar-refractivity contribution is -0.159. The predicted molar refractivity (Wildman–Crippen MR) is 128 cm³/mol. The van der Waals surface area contributed by atoms with Crippen LogP contribution in [0.5, 0.6) is 0 Å². The van der Waals surface area contributed by atoms with Crippen LogP contribution in [0.3, 0.4) is 0 Å². The number of nitrogens with one attached hydrogen (secondary N) is 1. The highest BCUT2D eigenvalue weighted by atomic mass is 19.4. The zero-order valence-corrected chi connectivity index (χ0v) is 20.3. The molecule has 3 heterocycles. The molecule has 5 rings (SSSR count). The van der Waals surface area contributed by atoms with E-state index < -0.39 is 52.2 Å². The van der Waals surface area contributed by atoms with E-state index in [4.69, 9.17) is 10.00 Å². The minimum absolute atomic E-state index is 0.0954. The van der Waals surface area contributed by atoms with Gasteiger partial charge in [0.05, 0.1) is 59.0 Å². The Labute approximate surface area is 215 Å². The molecular formula is C26H21F3N6O3. The highest BCUT2D eigenvalue weighted by Gasteiger charge is 2.72. The van der Waals surface area contributed by atoms with Crippen LogP contribution in [-0.4, -0.2) is 47.0 Å². The summed E-state index contributed by atoms with van der Waals surface area (Å²) in [6.07, 6.45) is -3.07. The van der Waals surface area contributed by atoms with Gasteiger partial charge in [-0.15, -0.1) is 4.99 Å². The van der Waals surface area contributed by atoms with Crippen molar-refractivity contribution in [3.05, 3.63) is 59.7 Å². The summed E-state index contributed by atoms with van der Waals surface area (Å²) in [7, 11) is 0. The monoisotopic (exact) mass is 522 g/mol. The van der Waals surface area contributed by atoms with Gasteiger partial charge in [0.25, 0.3) is 0 Å². The van der Waals surface area contributed by atoms with Gasteiger partial charge in [0.1, 0.15) is 0 Å². The van der Waals surface area contributed by atoms with E-state index in [1.54, 1.807) is 37.1 Å². The van der Waals surface area contributed by atoms with Crippen molar-refractivity contribution in [3.8, 4) is 12.3 Å². The zero-order chi connectivity index (χ0) is 27.5. The first-order valence-electron chi connectivity index (χ1n) is 11.6. The molecule has 0 aliphatic carbocycles. The van der Waals surface area contributed by atoms with Gasteiger partial charge in [-0.3, -0.25) is 9.59 Å². The number of carbonyl (C=O) groups is 2. The second-order valence-electron chi connectivity index (χ2n) is 9.92. The largest absolute Gasteiger partial charge is 0.417 e. The predicted octanol–water partition coefficient (Wildman–Crippen LogP) is 3.50. The average molecular weight is 522 g/mol. The molecule has 3 saturated heterocycles. The molecule has 0 saturated carbocycles. The first-order chi connectivity index (χ1) is 17.9. The van der Waals surface area contributed by atoms with E-state index in [1.165, 1.54) is 12.1 Å². The standard InChI is InChI=1S/C26H21F3N6O3/c1-24-12-34(23(32-14-31)33-16-6-4-3-5-7-16)13-25(2,38-24)20-19(24)21(36)35(22(20)37)17-9-8-15(11-30)18(10-17)26(27,28)29/h3-10,19-20H,12-13H2,1-2H3,(H,32,33)/t19-,20+,24+,25-. The van der Waals surface area contributed by atoms with Gasteiger partial charge in [-0.05, 0) is 44.2 Å². The van der Waals surface area contributed by atoms with Gasteiger partial charge in [0.2, 0.25) is 24.0 Å². The van der Waals surface area contributed by atoms with Gasteiger partial charge < -0.3 is 15.0 Å². The third-order valence-electron chi connectivity index (χ3n) is 7.27. The third-order valence-corrected chi connectivity index (χ3v) is 7.27. The van der Waals surface area contributed by atoms with Gasteiger partial charge in [-0.1, -0.05) is 18.2 Å². The molecule has 0 unspecified atom stereocenters. The number of para-hydroxylation sites is 1. The smallest absolute Gasteiger partial charge is 0.364 e. The van der Waals surface area contributed by atoms with Crippen LogP contribution in [0.2, 0.25) is 0 Å².